The van der Waals surface area contributed by atoms with E-state index in [0.717, 1.165) is 35.4 Å². The molecule has 0 saturated carbocycles. The second-order valence-corrected chi connectivity index (χ2v) is 9.21. The third kappa shape index (κ3) is 3.82. The number of nitrogens with one attached hydrogen (secondary N) is 1. The van der Waals surface area contributed by atoms with Crippen molar-refractivity contribution in [1.82, 2.24) is 14.8 Å². The summed E-state index contributed by atoms with van der Waals surface area (Å²) in [5.41, 5.74) is 1.93. The Balaban J connectivity index is 1.37. The number of carbonyl (C=O) groups is 2. The molecule has 1 aromatic carbocycles. The second-order valence-electron chi connectivity index (χ2n) is 7.16. The van der Waals surface area contributed by atoms with Gasteiger partial charge in [-0.3, -0.25) is 9.36 Å². The minimum Gasteiger partial charge on any atom is -0.478 e. The summed E-state index contributed by atoms with van der Waals surface area (Å²) in [4.78, 5) is 25.5. The molecule has 8 nitrogen and oxygen atoms in total. The van der Waals surface area contributed by atoms with Crippen LogP contribution in [-0.4, -0.2) is 37.5 Å². The molecule has 0 fully saturated rings. The van der Waals surface area contributed by atoms with E-state index in [2.05, 4.69) is 15.5 Å². The van der Waals surface area contributed by atoms with Crippen LogP contribution >= 0.6 is 23.1 Å². The monoisotopic (exact) mass is 466 g/mol. The lowest BCUT2D eigenvalue weighted by molar-refractivity contribution is -0.113. The molecule has 162 valence electrons. The molecule has 0 bridgehead atoms. The first-order valence-electron chi connectivity index (χ1n) is 9.97. The Labute approximate surface area is 191 Å². The topological polar surface area (TPSA) is 110 Å². The fourth-order valence-corrected chi connectivity index (χ4v) is 5.80. The van der Waals surface area contributed by atoms with Crippen LogP contribution in [0.15, 0.2) is 58.3 Å². The number of hydrogen-bond acceptors (Lipinski definition) is 7. The molecule has 0 atom stereocenters. The van der Waals surface area contributed by atoms with Crippen molar-refractivity contribution in [2.75, 3.05) is 11.1 Å². The molecule has 2 N–H and O–H groups in total. The quantitative estimate of drug-likeness (QED) is 0.386. The van der Waals surface area contributed by atoms with Gasteiger partial charge in [0.1, 0.15) is 5.00 Å². The Bertz CT molecular complexity index is 1280. The van der Waals surface area contributed by atoms with Crippen LogP contribution in [0.5, 0.6) is 0 Å². The lowest BCUT2D eigenvalue weighted by Crippen LogP contribution is -2.16. The zero-order chi connectivity index (χ0) is 22.1. The van der Waals surface area contributed by atoms with Crippen molar-refractivity contribution in [3.8, 4) is 17.3 Å². The Morgan fingerprint density at radius 1 is 1.16 bits per heavy atom. The van der Waals surface area contributed by atoms with Crippen LogP contribution in [0.1, 0.15) is 27.2 Å². The van der Waals surface area contributed by atoms with E-state index in [9.17, 15) is 14.7 Å². The maximum atomic E-state index is 12.7. The molecule has 0 aliphatic heterocycles. The van der Waals surface area contributed by atoms with Gasteiger partial charge in [0, 0.05) is 10.6 Å². The molecule has 10 heteroatoms. The number of furan rings is 1. The van der Waals surface area contributed by atoms with Crippen molar-refractivity contribution in [1.29, 1.82) is 0 Å². The number of aromatic carboxylic acids is 1. The van der Waals surface area contributed by atoms with Gasteiger partial charge in [0.15, 0.2) is 10.9 Å². The predicted molar refractivity (Wildman–Crippen MR) is 122 cm³/mol. The molecule has 1 aliphatic rings. The molecule has 1 amide bonds. The summed E-state index contributed by atoms with van der Waals surface area (Å²) in [5, 5.41) is 21.9. The molecule has 1 aliphatic carbocycles. The molecule has 3 heterocycles. The highest BCUT2D eigenvalue weighted by Gasteiger charge is 2.27. The summed E-state index contributed by atoms with van der Waals surface area (Å²) in [5.74, 6) is -0.132. The van der Waals surface area contributed by atoms with Gasteiger partial charge in [0.25, 0.3) is 0 Å². The summed E-state index contributed by atoms with van der Waals surface area (Å²) in [6.07, 6.45) is 4.13. The van der Waals surface area contributed by atoms with Gasteiger partial charge < -0.3 is 14.8 Å². The molecular formula is C22H18N4O4S2. The Hall–Kier alpha value is -3.37. The summed E-state index contributed by atoms with van der Waals surface area (Å²) in [6.45, 7) is 0. The average Bonchev–Trinajstić information content (AvgIpc) is 3.55. The third-order valence-corrected chi connectivity index (χ3v) is 7.25. The Kier molecular flexibility index (Phi) is 5.54. The number of aryl methyl sites for hydroxylation is 1. The van der Waals surface area contributed by atoms with E-state index in [-0.39, 0.29) is 17.2 Å². The fraction of sp³-hybridized carbons (Fsp3) is 0.182. The first-order chi connectivity index (χ1) is 15.6. The molecule has 0 unspecified atom stereocenters. The van der Waals surface area contributed by atoms with Crippen molar-refractivity contribution < 1.29 is 19.1 Å². The number of rotatable bonds is 7. The number of fused-ring (bicyclic) bond motifs is 1. The lowest BCUT2D eigenvalue weighted by atomic mass is 10.1. The van der Waals surface area contributed by atoms with Crippen molar-refractivity contribution in [2.24, 2.45) is 0 Å². The van der Waals surface area contributed by atoms with Crippen LogP contribution < -0.4 is 5.32 Å². The Morgan fingerprint density at radius 3 is 2.75 bits per heavy atom. The molecule has 32 heavy (non-hydrogen) atoms. The molecule has 5 rings (SSSR count). The highest BCUT2D eigenvalue weighted by atomic mass is 32.2. The molecule has 3 aromatic heterocycles. The van der Waals surface area contributed by atoms with E-state index in [1.54, 1.807) is 18.4 Å². The van der Waals surface area contributed by atoms with Gasteiger partial charge in [0.2, 0.25) is 11.7 Å². The van der Waals surface area contributed by atoms with Gasteiger partial charge >= 0.3 is 5.97 Å². The number of anilines is 1. The normalized spacial score (nSPS) is 12.6. The van der Waals surface area contributed by atoms with Gasteiger partial charge in [0.05, 0.1) is 17.6 Å². The average molecular weight is 467 g/mol. The maximum absolute atomic E-state index is 12.7. The van der Waals surface area contributed by atoms with E-state index in [1.165, 1.54) is 23.1 Å². The Morgan fingerprint density at radius 2 is 2.00 bits per heavy atom. The van der Waals surface area contributed by atoms with Crippen LogP contribution in [0.3, 0.4) is 0 Å². The second kappa shape index (κ2) is 8.64. The molecular weight excluding hydrogens is 448 g/mol. The van der Waals surface area contributed by atoms with E-state index in [1.807, 2.05) is 34.9 Å². The van der Waals surface area contributed by atoms with E-state index in [0.29, 0.717) is 21.7 Å². The fourth-order valence-electron chi connectivity index (χ4n) is 3.75. The number of carboxylic acid groups (broad SMARTS) is 1. The summed E-state index contributed by atoms with van der Waals surface area (Å²) in [7, 11) is 0. The number of benzene rings is 1. The van der Waals surface area contributed by atoms with Crippen LogP contribution in [-0.2, 0) is 17.6 Å². The highest BCUT2D eigenvalue weighted by molar-refractivity contribution is 7.99. The minimum atomic E-state index is -1.00. The van der Waals surface area contributed by atoms with E-state index < -0.39 is 5.97 Å². The zero-order valence-electron chi connectivity index (χ0n) is 16.8. The number of para-hydroxylation sites is 1. The standard InChI is InChI=1S/C22H18N4O4S2/c27-17(23-20-18(21(28)29)14-8-4-10-16(14)32-20)12-31-22-25-24-19(15-9-5-11-30-15)26(22)13-6-2-1-3-7-13/h1-3,5-7,9,11H,4,8,10,12H2,(H,23,27)(H,28,29). The molecule has 0 saturated heterocycles. The van der Waals surface area contributed by atoms with Crippen LogP contribution in [0.4, 0.5) is 5.00 Å². The van der Waals surface area contributed by atoms with Crippen molar-refractivity contribution in [3.05, 3.63) is 64.7 Å². The summed E-state index contributed by atoms with van der Waals surface area (Å²) < 4.78 is 7.33. The van der Waals surface area contributed by atoms with Crippen LogP contribution in [0.25, 0.3) is 17.3 Å². The number of thiophene rings is 1. The van der Waals surface area contributed by atoms with Crippen molar-refractivity contribution in [3.63, 3.8) is 0 Å². The molecule has 0 radical (unpaired) electrons. The predicted octanol–water partition coefficient (Wildman–Crippen LogP) is 4.51. The lowest BCUT2D eigenvalue weighted by Gasteiger charge is -2.09. The maximum Gasteiger partial charge on any atom is 0.339 e. The number of hydrogen-bond donors (Lipinski definition) is 2. The van der Waals surface area contributed by atoms with Crippen molar-refractivity contribution in [2.45, 2.75) is 24.4 Å². The number of amides is 1. The first kappa shape index (κ1) is 20.5. The van der Waals surface area contributed by atoms with E-state index in [4.69, 9.17) is 4.42 Å². The number of nitrogens with zero attached hydrogens (tertiary/aromatic N) is 3. The number of carboxylic acids is 1. The summed E-state index contributed by atoms with van der Waals surface area (Å²) >= 11 is 2.59. The number of thioether (sulfide) groups is 1. The van der Waals surface area contributed by atoms with Crippen molar-refractivity contribution >= 4 is 40.0 Å². The molecule has 0 spiro atoms. The SMILES string of the molecule is O=C(CSc1nnc(-c2ccco2)n1-c1ccccc1)Nc1sc2c(c1C(=O)O)CCC2. The highest BCUT2D eigenvalue weighted by Crippen LogP contribution is 2.39. The van der Waals surface area contributed by atoms with Crippen LogP contribution in [0.2, 0.25) is 0 Å². The number of aromatic nitrogens is 3. The van der Waals surface area contributed by atoms with Crippen LogP contribution in [0, 0.1) is 0 Å². The zero-order valence-corrected chi connectivity index (χ0v) is 18.4. The van der Waals surface area contributed by atoms with Gasteiger partial charge in [-0.1, -0.05) is 30.0 Å². The van der Waals surface area contributed by atoms with Gasteiger partial charge in [-0.2, -0.15) is 0 Å². The summed E-state index contributed by atoms with van der Waals surface area (Å²) in [6, 6.07) is 13.2. The van der Waals surface area contributed by atoms with Gasteiger partial charge in [-0.05, 0) is 49.1 Å². The number of carbonyl (C=O) groups excluding carboxylic acids is 1. The molecule has 4 aromatic rings. The first-order valence-corrected chi connectivity index (χ1v) is 11.8. The van der Waals surface area contributed by atoms with Gasteiger partial charge in [-0.25, -0.2) is 4.79 Å². The van der Waals surface area contributed by atoms with E-state index >= 15 is 0 Å². The third-order valence-electron chi connectivity index (χ3n) is 5.11. The minimum absolute atomic E-state index is 0.0603. The smallest absolute Gasteiger partial charge is 0.339 e. The largest absolute Gasteiger partial charge is 0.478 e. The van der Waals surface area contributed by atoms with Gasteiger partial charge in [-0.15, -0.1) is 21.5 Å².